The maximum absolute atomic E-state index is 12.9. The quantitative estimate of drug-likeness (QED) is 0.297. The lowest BCUT2D eigenvalue weighted by atomic mass is 10.2. The van der Waals surface area contributed by atoms with Crippen LogP contribution in [0.1, 0.15) is 29.9 Å². The molecule has 0 bridgehead atoms. The largest absolute Gasteiger partial charge is 0.494 e. The van der Waals surface area contributed by atoms with E-state index in [0.29, 0.717) is 21.7 Å². The number of nitro groups is 1. The van der Waals surface area contributed by atoms with E-state index >= 15 is 0 Å². The van der Waals surface area contributed by atoms with Crippen molar-refractivity contribution in [2.24, 2.45) is 4.99 Å². The number of non-ortho nitro benzene ring substituents is 1. The number of fused-ring (bicyclic) bond motifs is 2. The summed E-state index contributed by atoms with van der Waals surface area (Å²) in [5.41, 5.74) is 1.02. The highest BCUT2D eigenvalue weighted by Gasteiger charge is 2.14. The van der Waals surface area contributed by atoms with Crippen molar-refractivity contribution in [3.63, 3.8) is 0 Å². The average Bonchev–Trinajstić information content (AvgIpc) is 3.29. The zero-order chi connectivity index (χ0) is 21.3. The van der Waals surface area contributed by atoms with Gasteiger partial charge in [0.15, 0.2) is 4.80 Å². The van der Waals surface area contributed by atoms with Crippen molar-refractivity contribution in [3.8, 4) is 5.75 Å². The number of aryl methyl sites for hydroxylation is 1. The lowest BCUT2D eigenvalue weighted by molar-refractivity contribution is -0.384. The van der Waals surface area contributed by atoms with Crippen LogP contribution >= 0.6 is 22.7 Å². The molecule has 0 unspecified atom stereocenters. The molecular formula is C21H19N3O4S2. The molecule has 0 spiro atoms. The molecule has 9 heteroatoms. The van der Waals surface area contributed by atoms with E-state index in [4.69, 9.17) is 4.74 Å². The van der Waals surface area contributed by atoms with Crippen LogP contribution in [0.2, 0.25) is 0 Å². The SMILES string of the molecule is CCCn1c(=NC(=O)c2cc3cc([N+](=O)[O-])ccc3s2)sc2cc(OCC)ccc21. The molecule has 2 aromatic heterocycles. The molecule has 4 aromatic rings. The third-order valence-corrected chi connectivity index (χ3v) is 6.68. The molecule has 2 aromatic carbocycles. The first-order chi connectivity index (χ1) is 14.5. The van der Waals surface area contributed by atoms with Gasteiger partial charge in [-0.05, 0) is 43.7 Å². The first-order valence-electron chi connectivity index (χ1n) is 9.53. The number of rotatable bonds is 6. The van der Waals surface area contributed by atoms with Crippen LogP contribution in [0.25, 0.3) is 20.3 Å². The highest BCUT2D eigenvalue weighted by molar-refractivity contribution is 7.21. The Morgan fingerprint density at radius 1 is 1.13 bits per heavy atom. The fourth-order valence-electron chi connectivity index (χ4n) is 3.23. The van der Waals surface area contributed by atoms with Gasteiger partial charge in [-0.25, -0.2) is 0 Å². The summed E-state index contributed by atoms with van der Waals surface area (Å²) in [6.45, 7) is 5.36. The Morgan fingerprint density at radius 2 is 1.97 bits per heavy atom. The molecule has 0 aliphatic rings. The van der Waals surface area contributed by atoms with Gasteiger partial charge in [-0.2, -0.15) is 4.99 Å². The number of thiophene rings is 1. The van der Waals surface area contributed by atoms with Crippen LogP contribution in [0.5, 0.6) is 5.75 Å². The summed E-state index contributed by atoms with van der Waals surface area (Å²) in [7, 11) is 0. The first-order valence-corrected chi connectivity index (χ1v) is 11.2. The molecule has 0 saturated heterocycles. The Bertz CT molecular complexity index is 1330. The molecular weight excluding hydrogens is 422 g/mol. The number of amides is 1. The van der Waals surface area contributed by atoms with E-state index in [1.165, 1.54) is 34.8 Å². The van der Waals surface area contributed by atoms with Crippen molar-refractivity contribution in [3.05, 3.63) is 62.3 Å². The molecule has 4 rings (SSSR count). The van der Waals surface area contributed by atoms with E-state index in [-0.39, 0.29) is 11.6 Å². The van der Waals surface area contributed by atoms with Crippen molar-refractivity contribution in [2.75, 3.05) is 6.61 Å². The van der Waals surface area contributed by atoms with Crippen LogP contribution in [0.3, 0.4) is 0 Å². The van der Waals surface area contributed by atoms with Gasteiger partial charge in [0, 0.05) is 28.8 Å². The Labute approximate surface area is 180 Å². The van der Waals surface area contributed by atoms with Gasteiger partial charge >= 0.3 is 0 Å². The van der Waals surface area contributed by atoms with E-state index in [1.807, 2.05) is 29.7 Å². The lowest BCUT2D eigenvalue weighted by Crippen LogP contribution is -2.16. The Kier molecular flexibility index (Phi) is 5.65. The van der Waals surface area contributed by atoms with Crippen LogP contribution in [0.4, 0.5) is 5.69 Å². The highest BCUT2D eigenvalue weighted by atomic mass is 32.1. The van der Waals surface area contributed by atoms with E-state index < -0.39 is 4.92 Å². The third-order valence-electron chi connectivity index (χ3n) is 4.53. The molecule has 7 nitrogen and oxygen atoms in total. The maximum Gasteiger partial charge on any atom is 0.289 e. The molecule has 0 aliphatic heterocycles. The van der Waals surface area contributed by atoms with Crippen molar-refractivity contribution >= 4 is 54.6 Å². The van der Waals surface area contributed by atoms with Gasteiger partial charge in [-0.15, -0.1) is 11.3 Å². The standard InChI is InChI=1S/C21H19N3O4S2/c1-3-9-23-16-7-6-15(28-4-2)12-18(16)30-21(23)22-20(25)19-11-13-10-14(24(26)27)5-8-17(13)29-19/h5-8,10-12H,3-4,9H2,1-2H3. The summed E-state index contributed by atoms with van der Waals surface area (Å²) in [6.07, 6.45) is 0.910. The van der Waals surface area contributed by atoms with Gasteiger partial charge in [0.1, 0.15) is 5.75 Å². The molecule has 0 radical (unpaired) electrons. The first kappa shape index (κ1) is 20.2. The van der Waals surface area contributed by atoms with Gasteiger partial charge in [0.05, 0.1) is 26.6 Å². The van der Waals surface area contributed by atoms with Crippen LogP contribution < -0.4 is 9.54 Å². The van der Waals surface area contributed by atoms with Crippen LogP contribution in [-0.4, -0.2) is 22.0 Å². The van der Waals surface area contributed by atoms with Crippen LogP contribution in [0.15, 0.2) is 47.5 Å². The van der Waals surface area contributed by atoms with E-state index in [9.17, 15) is 14.9 Å². The number of carbonyl (C=O) groups is 1. The van der Waals surface area contributed by atoms with Gasteiger partial charge in [0.2, 0.25) is 0 Å². The molecule has 0 atom stereocenters. The Balaban J connectivity index is 1.77. The molecule has 154 valence electrons. The average molecular weight is 442 g/mol. The summed E-state index contributed by atoms with van der Waals surface area (Å²) in [4.78, 5) is 28.9. The maximum atomic E-state index is 12.9. The zero-order valence-corrected chi connectivity index (χ0v) is 18.1. The van der Waals surface area contributed by atoms with Gasteiger partial charge in [0.25, 0.3) is 11.6 Å². The van der Waals surface area contributed by atoms with Crippen LogP contribution in [0, 0.1) is 10.1 Å². The summed E-state index contributed by atoms with van der Waals surface area (Å²) in [5, 5.41) is 11.7. The topological polar surface area (TPSA) is 86.7 Å². The lowest BCUT2D eigenvalue weighted by Gasteiger charge is -2.04. The second-order valence-corrected chi connectivity index (χ2v) is 8.70. The number of aromatic nitrogens is 1. The normalized spacial score (nSPS) is 12.0. The monoisotopic (exact) mass is 441 g/mol. The minimum absolute atomic E-state index is 0.00614. The number of carbonyl (C=O) groups excluding carboxylic acids is 1. The number of hydrogen-bond acceptors (Lipinski definition) is 6. The van der Waals surface area contributed by atoms with Gasteiger partial charge in [-0.1, -0.05) is 18.3 Å². The van der Waals surface area contributed by atoms with Crippen molar-refractivity contribution in [2.45, 2.75) is 26.8 Å². The molecule has 1 amide bonds. The Morgan fingerprint density at radius 3 is 2.70 bits per heavy atom. The van der Waals surface area contributed by atoms with Gasteiger partial charge in [-0.3, -0.25) is 14.9 Å². The van der Waals surface area contributed by atoms with E-state index in [0.717, 1.165) is 33.6 Å². The van der Waals surface area contributed by atoms with Crippen molar-refractivity contribution < 1.29 is 14.5 Å². The summed E-state index contributed by atoms with van der Waals surface area (Å²) in [6, 6.07) is 12.2. The number of hydrogen-bond donors (Lipinski definition) is 0. The predicted octanol–water partition coefficient (Wildman–Crippen LogP) is 5.38. The number of nitro benzene ring substituents is 1. The number of benzene rings is 2. The minimum Gasteiger partial charge on any atom is -0.494 e. The zero-order valence-electron chi connectivity index (χ0n) is 16.5. The number of thiazole rings is 1. The predicted molar refractivity (Wildman–Crippen MR) is 120 cm³/mol. The van der Waals surface area contributed by atoms with Crippen LogP contribution in [-0.2, 0) is 6.54 Å². The number of ether oxygens (including phenoxy) is 1. The fraction of sp³-hybridized carbons (Fsp3) is 0.238. The van der Waals surface area contributed by atoms with Crippen molar-refractivity contribution in [1.82, 2.24) is 4.57 Å². The second-order valence-electron chi connectivity index (χ2n) is 6.61. The van der Waals surface area contributed by atoms with Gasteiger partial charge < -0.3 is 9.30 Å². The molecule has 30 heavy (non-hydrogen) atoms. The molecule has 2 heterocycles. The minimum atomic E-state index is -0.440. The molecule has 0 fully saturated rings. The molecule has 0 aliphatic carbocycles. The highest BCUT2D eigenvalue weighted by Crippen LogP contribution is 2.29. The van der Waals surface area contributed by atoms with E-state index in [1.54, 1.807) is 12.1 Å². The smallest absolute Gasteiger partial charge is 0.289 e. The summed E-state index contributed by atoms with van der Waals surface area (Å²) >= 11 is 2.74. The van der Waals surface area contributed by atoms with E-state index in [2.05, 4.69) is 11.9 Å². The second kappa shape index (κ2) is 8.37. The summed E-state index contributed by atoms with van der Waals surface area (Å²) < 4.78 is 9.46. The number of nitrogens with zero attached hydrogens (tertiary/aromatic N) is 3. The van der Waals surface area contributed by atoms with Crippen molar-refractivity contribution in [1.29, 1.82) is 0 Å². The summed E-state index contributed by atoms with van der Waals surface area (Å²) in [5.74, 6) is 0.444. The Hall–Kier alpha value is -3.04. The fourth-order valence-corrected chi connectivity index (χ4v) is 5.24. The molecule has 0 N–H and O–H groups in total. The third kappa shape index (κ3) is 3.86. The molecule has 0 saturated carbocycles.